The Kier molecular flexibility index (Phi) is 3.53. The average Bonchev–Trinajstić information content (AvgIpc) is 2.47. The summed E-state index contributed by atoms with van der Waals surface area (Å²) < 4.78 is 5.30. The van der Waals surface area contributed by atoms with E-state index in [1.54, 1.807) is 0 Å². The summed E-state index contributed by atoms with van der Waals surface area (Å²) in [6.07, 6.45) is 2.83. The molecule has 0 bridgehead atoms. The van der Waals surface area contributed by atoms with Crippen molar-refractivity contribution in [3.63, 3.8) is 0 Å². The second-order valence-electron chi connectivity index (χ2n) is 5.01. The van der Waals surface area contributed by atoms with Crippen LogP contribution in [0.25, 0.3) is 0 Å². The van der Waals surface area contributed by atoms with E-state index >= 15 is 0 Å². The Morgan fingerprint density at radius 1 is 1.43 bits per heavy atom. The summed E-state index contributed by atoms with van der Waals surface area (Å²) in [5.41, 5.74) is -0.417. The smallest absolute Gasteiger partial charge is 0.309 e. The Bertz CT molecular complexity index is 205. The van der Waals surface area contributed by atoms with Gasteiger partial charge in [-0.05, 0) is 39.5 Å². The van der Waals surface area contributed by atoms with Crippen molar-refractivity contribution in [3.8, 4) is 0 Å². The van der Waals surface area contributed by atoms with Gasteiger partial charge in [-0.2, -0.15) is 0 Å². The van der Waals surface area contributed by atoms with Gasteiger partial charge in [0.1, 0.15) is 5.60 Å². The topological polar surface area (TPSA) is 46.5 Å². The van der Waals surface area contributed by atoms with E-state index < -0.39 is 5.60 Å². The zero-order valence-electron chi connectivity index (χ0n) is 9.25. The maximum absolute atomic E-state index is 11.7. The van der Waals surface area contributed by atoms with Crippen molar-refractivity contribution in [3.05, 3.63) is 0 Å². The van der Waals surface area contributed by atoms with Crippen molar-refractivity contribution in [2.24, 2.45) is 11.8 Å². The lowest BCUT2D eigenvalue weighted by molar-refractivity contribution is -0.161. The van der Waals surface area contributed by atoms with Crippen LogP contribution in [0.5, 0.6) is 0 Å². The van der Waals surface area contributed by atoms with Crippen LogP contribution in [0.1, 0.15) is 40.0 Å². The maximum atomic E-state index is 11.7. The summed E-state index contributed by atoms with van der Waals surface area (Å²) in [7, 11) is 0. The molecule has 1 aliphatic carbocycles. The molecule has 3 nitrogen and oxygen atoms in total. The van der Waals surface area contributed by atoms with Crippen LogP contribution in [-0.2, 0) is 9.53 Å². The molecule has 2 atom stereocenters. The highest BCUT2D eigenvalue weighted by molar-refractivity contribution is 5.73. The number of hydrogen-bond donors (Lipinski definition) is 1. The van der Waals surface area contributed by atoms with Crippen molar-refractivity contribution in [2.45, 2.75) is 45.6 Å². The van der Waals surface area contributed by atoms with E-state index in [-0.39, 0.29) is 24.4 Å². The Hall–Kier alpha value is -0.570. The van der Waals surface area contributed by atoms with Gasteiger partial charge in [-0.15, -0.1) is 0 Å². The second-order valence-corrected chi connectivity index (χ2v) is 5.01. The molecule has 0 radical (unpaired) electrons. The van der Waals surface area contributed by atoms with Crippen LogP contribution in [0.3, 0.4) is 0 Å². The van der Waals surface area contributed by atoms with E-state index in [0.717, 1.165) is 19.3 Å². The number of esters is 1. The summed E-state index contributed by atoms with van der Waals surface area (Å²) in [5, 5.41) is 9.08. The van der Waals surface area contributed by atoms with E-state index in [1.165, 1.54) is 0 Å². The van der Waals surface area contributed by atoms with Crippen molar-refractivity contribution in [1.82, 2.24) is 0 Å². The third-order valence-electron chi connectivity index (χ3n) is 2.60. The van der Waals surface area contributed by atoms with Gasteiger partial charge >= 0.3 is 5.97 Å². The molecule has 0 aromatic heterocycles. The molecule has 0 unspecified atom stereocenters. The van der Waals surface area contributed by atoms with Gasteiger partial charge < -0.3 is 9.84 Å². The minimum Gasteiger partial charge on any atom is -0.460 e. The summed E-state index contributed by atoms with van der Waals surface area (Å²) >= 11 is 0. The third kappa shape index (κ3) is 2.98. The molecule has 0 aromatic rings. The summed E-state index contributed by atoms with van der Waals surface area (Å²) in [6, 6.07) is 0. The molecule has 1 aliphatic rings. The van der Waals surface area contributed by atoms with Gasteiger partial charge in [-0.1, -0.05) is 6.42 Å². The Morgan fingerprint density at radius 2 is 2.07 bits per heavy atom. The highest BCUT2D eigenvalue weighted by Crippen LogP contribution is 2.33. The van der Waals surface area contributed by atoms with Gasteiger partial charge in [0.2, 0.25) is 0 Å². The Balaban J connectivity index is 2.52. The highest BCUT2D eigenvalue weighted by Gasteiger charge is 2.35. The first kappa shape index (κ1) is 11.5. The fourth-order valence-corrected chi connectivity index (χ4v) is 1.94. The molecule has 0 saturated heterocycles. The number of rotatable bonds is 2. The van der Waals surface area contributed by atoms with Crippen LogP contribution in [0, 0.1) is 11.8 Å². The lowest BCUT2D eigenvalue weighted by Gasteiger charge is -2.24. The molecule has 0 aromatic carbocycles. The highest BCUT2D eigenvalue weighted by atomic mass is 16.6. The quantitative estimate of drug-likeness (QED) is 0.691. The molecular formula is C11H20O3. The van der Waals surface area contributed by atoms with Crippen molar-refractivity contribution in [2.75, 3.05) is 6.61 Å². The summed E-state index contributed by atoms with van der Waals surface area (Å²) in [5.74, 6) is -0.113. The van der Waals surface area contributed by atoms with Crippen LogP contribution in [0.2, 0.25) is 0 Å². The van der Waals surface area contributed by atoms with Crippen LogP contribution >= 0.6 is 0 Å². The molecule has 0 aliphatic heterocycles. The fourth-order valence-electron chi connectivity index (χ4n) is 1.94. The number of hydrogen-bond acceptors (Lipinski definition) is 3. The first-order chi connectivity index (χ1) is 6.44. The van der Waals surface area contributed by atoms with Crippen molar-refractivity contribution in [1.29, 1.82) is 0 Å². The van der Waals surface area contributed by atoms with Gasteiger partial charge in [0.25, 0.3) is 0 Å². The largest absolute Gasteiger partial charge is 0.460 e. The number of carbonyl (C=O) groups is 1. The van der Waals surface area contributed by atoms with Crippen LogP contribution in [-0.4, -0.2) is 23.3 Å². The van der Waals surface area contributed by atoms with Gasteiger partial charge in [0.05, 0.1) is 5.92 Å². The van der Waals surface area contributed by atoms with Crippen molar-refractivity contribution >= 4 is 5.97 Å². The molecule has 1 fully saturated rings. The molecule has 1 N–H and O–H groups in total. The molecular weight excluding hydrogens is 180 g/mol. The second kappa shape index (κ2) is 4.30. The molecule has 0 heterocycles. The molecule has 82 valence electrons. The molecule has 1 saturated carbocycles. The SMILES string of the molecule is CC(C)(C)OC(=O)[C@@H]1CCC[C@@H]1CO. The predicted octanol–water partition coefficient (Wildman–Crippen LogP) is 1.74. The molecule has 1 rings (SSSR count). The standard InChI is InChI=1S/C11H20O3/c1-11(2,3)14-10(13)9-6-4-5-8(9)7-12/h8-9,12H,4-7H2,1-3H3/t8-,9-/m1/s1. The molecule has 0 amide bonds. The fraction of sp³-hybridized carbons (Fsp3) is 0.909. The van der Waals surface area contributed by atoms with E-state index in [2.05, 4.69) is 0 Å². The molecule has 14 heavy (non-hydrogen) atoms. The van der Waals surface area contributed by atoms with E-state index in [1.807, 2.05) is 20.8 Å². The predicted molar refractivity (Wildman–Crippen MR) is 53.8 cm³/mol. The lowest BCUT2D eigenvalue weighted by atomic mass is 9.97. The Labute approximate surface area is 85.5 Å². The first-order valence-electron chi connectivity index (χ1n) is 5.28. The first-order valence-corrected chi connectivity index (χ1v) is 5.28. The number of carbonyl (C=O) groups excluding carboxylic acids is 1. The van der Waals surface area contributed by atoms with Crippen molar-refractivity contribution < 1.29 is 14.6 Å². The minimum atomic E-state index is -0.417. The number of aliphatic hydroxyl groups is 1. The average molecular weight is 200 g/mol. The normalized spacial score (nSPS) is 27.7. The van der Waals surface area contributed by atoms with E-state index in [9.17, 15) is 4.79 Å². The van der Waals surface area contributed by atoms with E-state index in [4.69, 9.17) is 9.84 Å². The third-order valence-corrected chi connectivity index (χ3v) is 2.60. The zero-order valence-corrected chi connectivity index (χ0v) is 9.25. The van der Waals surface area contributed by atoms with Gasteiger partial charge in [-0.3, -0.25) is 4.79 Å². The number of aliphatic hydroxyl groups excluding tert-OH is 1. The van der Waals surface area contributed by atoms with Crippen LogP contribution < -0.4 is 0 Å². The van der Waals surface area contributed by atoms with Crippen LogP contribution in [0.15, 0.2) is 0 Å². The molecule has 3 heteroatoms. The number of ether oxygens (including phenoxy) is 1. The van der Waals surface area contributed by atoms with Gasteiger partial charge in [0.15, 0.2) is 0 Å². The zero-order chi connectivity index (χ0) is 10.8. The van der Waals surface area contributed by atoms with E-state index in [0.29, 0.717) is 0 Å². The Morgan fingerprint density at radius 3 is 2.57 bits per heavy atom. The van der Waals surface area contributed by atoms with Crippen LogP contribution in [0.4, 0.5) is 0 Å². The minimum absolute atomic E-state index is 0.0841. The van der Waals surface area contributed by atoms with Gasteiger partial charge in [-0.25, -0.2) is 0 Å². The lowest BCUT2D eigenvalue weighted by Crippen LogP contribution is -2.31. The van der Waals surface area contributed by atoms with Gasteiger partial charge in [0, 0.05) is 6.61 Å². The monoisotopic (exact) mass is 200 g/mol. The maximum Gasteiger partial charge on any atom is 0.309 e. The molecule has 0 spiro atoms. The summed E-state index contributed by atoms with van der Waals surface area (Å²) in [6.45, 7) is 5.71. The summed E-state index contributed by atoms with van der Waals surface area (Å²) in [4.78, 5) is 11.7.